The van der Waals surface area contributed by atoms with Gasteiger partial charge in [0.05, 0.1) is 18.0 Å². The van der Waals surface area contributed by atoms with Crippen molar-refractivity contribution in [3.63, 3.8) is 0 Å². The summed E-state index contributed by atoms with van der Waals surface area (Å²) in [7, 11) is -3.22. The van der Waals surface area contributed by atoms with E-state index in [1.165, 1.54) is 11.1 Å². The minimum Gasteiger partial charge on any atom is -0.373 e. The number of morpholine rings is 1. The second kappa shape index (κ2) is 8.24. The normalized spacial score (nSPS) is 23.1. The molecule has 1 N–H and O–H groups in total. The van der Waals surface area contributed by atoms with Crippen molar-refractivity contribution in [3.05, 3.63) is 35.4 Å². The molecule has 2 rings (SSSR count). The topological polar surface area (TPSA) is 58.6 Å². The number of aryl methyl sites for hydroxylation is 1. The number of nitrogens with zero attached hydrogens (tertiary/aromatic N) is 1. The molecule has 1 heterocycles. The van der Waals surface area contributed by atoms with Crippen LogP contribution in [0.4, 0.5) is 0 Å². The van der Waals surface area contributed by atoms with Crippen LogP contribution in [0.5, 0.6) is 0 Å². The number of sulfonamides is 1. The van der Waals surface area contributed by atoms with Gasteiger partial charge >= 0.3 is 0 Å². The predicted molar refractivity (Wildman–Crippen MR) is 92.9 cm³/mol. The molecule has 1 aliphatic heterocycles. The highest BCUT2D eigenvalue weighted by Crippen LogP contribution is 2.14. The van der Waals surface area contributed by atoms with E-state index in [2.05, 4.69) is 36.5 Å². The number of ether oxygens (including phenoxy) is 1. The van der Waals surface area contributed by atoms with Crippen molar-refractivity contribution in [3.8, 4) is 0 Å². The van der Waals surface area contributed by atoms with Gasteiger partial charge in [0.25, 0.3) is 0 Å². The molecule has 2 atom stereocenters. The molecular weight excluding hydrogens is 312 g/mol. The highest BCUT2D eigenvalue weighted by molar-refractivity contribution is 7.89. The zero-order valence-corrected chi connectivity index (χ0v) is 15.1. The fourth-order valence-electron chi connectivity index (χ4n) is 2.81. The average molecular weight is 340 g/mol. The fraction of sp³-hybridized carbons (Fsp3) is 0.647. The Kier molecular flexibility index (Phi) is 6.59. The van der Waals surface area contributed by atoms with Crippen LogP contribution in [0.3, 0.4) is 0 Å². The summed E-state index contributed by atoms with van der Waals surface area (Å²) in [6.07, 6.45) is 0.944. The minimum absolute atomic E-state index is 0.0430. The summed E-state index contributed by atoms with van der Waals surface area (Å²) in [6, 6.07) is 8.41. The molecule has 0 bridgehead atoms. The third-order valence-corrected chi connectivity index (χ3v) is 5.88. The molecule has 0 amide bonds. The number of benzene rings is 1. The van der Waals surface area contributed by atoms with Crippen LogP contribution in [0.2, 0.25) is 0 Å². The highest BCUT2D eigenvalue weighted by Gasteiger charge is 2.30. The van der Waals surface area contributed by atoms with Crippen LogP contribution in [-0.2, 0) is 27.7 Å². The SMILES string of the molecule is CCc1ccc(CNCCS(=O)(=O)N2CC(C)OC(C)C2)cc1. The third kappa shape index (κ3) is 5.57. The molecule has 0 aliphatic carbocycles. The maximum Gasteiger partial charge on any atom is 0.215 e. The molecule has 0 aromatic heterocycles. The first-order chi connectivity index (χ1) is 10.9. The Morgan fingerprint density at radius 1 is 1.13 bits per heavy atom. The number of hydrogen-bond acceptors (Lipinski definition) is 4. The summed E-state index contributed by atoms with van der Waals surface area (Å²) >= 11 is 0. The van der Waals surface area contributed by atoms with E-state index >= 15 is 0 Å². The van der Waals surface area contributed by atoms with Gasteiger partial charge in [0.15, 0.2) is 0 Å². The van der Waals surface area contributed by atoms with Crippen molar-refractivity contribution in [1.29, 1.82) is 0 Å². The van der Waals surface area contributed by atoms with Crippen LogP contribution >= 0.6 is 0 Å². The number of hydrogen-bond donors (Lipinski definition) is 1. The Hall–Kier alpha value is -0.950. The molecule has 130 valence electrons. The first-order valence-electron chi connectivity index (χ1n) is 8.32. The van der Waals surface area contributed by atoms with Crippen molar-refractivity contribution in [2.75, 3.05) is 25.4 Å². The maximum absolute atomic E-state index is 12.4. The van der Waals surface area contributed by atoms with E-state index in [0.717, 1.165) is 6.42 Å². The lowest BCUT2D eigenvalue weighted by Gasteiger charge is -2.34. The average Bonchev–Trinajstić information content (AvgIpc) is 2.51. The Bertz CT molecular complexity index is 576. The summed E-state index contributed by atoms with van der Waals surface area (Å²) < 4.78 is 32.0. The van der Waals surface area contributed by atoms with E-state index in [9.17, 15) is 8.42 Å². The Morgan fingerprint density at radius 3 is 2.26 bits per heavy atom. The van der Waals surface area contributed by atoms with E-state index in [4.69, 9.17) is 4.74 Å². The molecule has 1 saturated heterocycles. The van der Waals surface area contributed by atoms with E-state index in [-0.39, 0.29) is 18.0 Å². The third-order valence-electron chi connectivity index (χ3n) is 4.08. The molecule has 0 spiro atoms. The van der Waals surface area contributed by atoms with Gasteiger partial charge in [-0.05, 0) is 31.4 Å². The van der Waals surface area contributed by atoms with Crippen LogP contribution in [0, 0.1) is 0 Å². The maximum atomic E-state index is 12.4. The van der Waals surface area contributed by atoms with Gasteiger partial charge in [-0.3, -0.25) is 0 Å². The second-order valence-corrected chi connectivity index (χ2v) is 8.33. The lowest BCUT2D eigenvalue weighted by atomic mass is 10.1. The molecule has 0 radical (unpaired) electrons. The fourth-order valence-corrected chi connectivity index (χ4v) is 4.35. The summed E-state index contributed by atoms with van der Waals surface area (Å²) in [4.78, 5) is 0. The van der Waals surface area contributed by atoms with E-state index < -0.39 is 10.0 Å². The molecule has 0 saturated carbocycles. The van der Waals surface area contributed by atoms with Crippen molar-refractivity contribution in [1.82, 2.24) is 9.62 Å². The molecular formula is C17H28N2O3S. The van der Waals surface area contributed by atoms with Crippen molar-refractivity contribution in [2.24, 2.45) is 0 Å². The lowest BCUT2D eigenvalue weighted by Crippen LogP contribution is -2.49. The predicted octanol–water partition coefficient (Wildman–Crippen LogP) is 1.78. The zero-order chi connectivity index (χ0) is 16.9. The molecule has 1 aromatic carbocycles. The van der Waals surface area contributed by atoms with Crippen molar-refractivity contribution < 1.29 is 13.2 Å². The van der Waals surface area contributed by atoms with Gasteiger partial charge in [0.1, 0.15) is 0 Å². The minimum atomic E-state index is -3.22. The lowest BCUT2D eigenvalue weighted by molar-refractivity contribution is -0.0440. The first kappa shape index (κ1) is 18.4. The van der Waals surface area contributed by atoms with Crippen LogP contribution in [0.15, 0.2) is 24.3 Å². The van der Waals surface area contributed by atoms with Crippen molar-refractivity contribution >= 4 is 10.0 Å². The summed E-state index contributed by atoms with van der Waals surface area (Å²) in [5, 5.41) is 3.22. The quantitative estimate of drug-likeness (QED) is 0.769. The Balaban J connectivity index is 1.78. The smallest absolute Gasteiger partial charge is 0.215 e. The standard InChI is InChI=1S/C17H28N2O3S/c1-4-16-5-7-17(8-6-16)11-18-9-10-23(20,21)19-12-14(2)22-15(3)13-19/h5-8,14-15,18H,4,9-13H2,1-3H3. The van der Waals surface area contributed by atoms with E-state index in [1.54, 1.807) is 4.31 Å². The Morgan fingerprint density at radius 2 is 1.70 bits per heavy atom. The Labute approximate surface area is 140 Å². The number of rotatable bonds is 7. The molecule has 1 aromatic rings. The summed E-state index contributed by atoms with van der Waals surface area (Å²) in [5.41, 5.74) is 2.49. The largest absolute Gasteiger partial charge is 0.373 e. The molecule has 6 heteroatoms. The first-order valence-corrected chi connectivity index (χ1v) is 9.93. The molecule has 1 fully saturated rings. The van der Waals surface area contributed by atoms with Crippen LogP contribution < -0.4 is 5.32 Å². The van der Waals surface area contributed by atoms with Gasteiger partial charge in [-0.15, -0.1) is 0 Å². The number of nitrogens with one attached hydrogen (secondary N) is 1. The van der Waals surface area contributed by atoms with Gasteiger partial charge in [0.2, 0.25) is 10.0 Å². The summed E-state index contributed by atoms with van der Waals surface area (Å²) in [5.74, 6) is 0.124. The van der Waals surface area contributed by atoms with Crippen LogP contribution in [0.25, 0.3) is 0 Å². The monoisotopic (exact) mass is 340 g/mol. The molecule has 5 nitrogen and oxygen atoms in total. The summed E-state index contributed by atoms with van der Waals surface area (Å²) in [6.45, 7) is 8.00. The molecule has 23 heavy (non-hydrogen) atoms. The highest BCUT2D eigenvalue weighted by atomic mass is 32.2. The van der Waals surface area contributed by atoms with Gasteiger partial charge in [-0.2, -0.15) is 4.31 Å². The van der Waals surface area contributed by atoms with Crippen LogP contribution in [0.1, 0.15) is 31.9 Å². The van der Waals surface area contributed by atoms with Gasteiger partial charge < -0.3 is 10.1 Å². The molecule has 1 aliphatic rings. The zero-order valence-electron chi connectivity index (χ0n) is 14.3. The van der Waals surface area contributed by atoms with Crippen LogP contribution in [-0.4, -0.2) is 50.3 Å². The molecule has 2 unspecified atom stereocenters. The van der Waals surface area contributed by atoms with Gasteiger partial charge in [0, 0.05) is 26.2 Å². The van der Waals surface area contributed by atoms with E-state index in [0.29, 0.717) is 26.2 Å². The van der Waals surface area contributed by atoms with Crippen molar-refractivity contribution in [2.45, 2.75) is 45.9 Å². The second-order valence-electron chi connectivity index (χ2n) is 6.24. The van der Waals surface area contributed by atoms with Gasteiger partial charge in [-0.25, -0.2) is 8.42 Å². The van der Waals surface area contributed by atoms with Gasteiger partial charge in [-0.1, -0.05) is 31.2 Å². The van der Waals surface area contributed by atoms with E-state index in [1.807, 2.05) is 13.8 Å².